The fraction of sp³-hybridized carbons (Fsp3) is 0.412. The van der Waals surface area contributed by atoms with E-state index in [4.69, 9.17) is 0 Å². The van der Waals surface area contributed by atoms with Crippen molar-refractivity contribution in [3.8, 4) is 5.69 Å². The van der Waals surface area contributed by atoms with Crippen LogP contribution in [0.25, 0.3) is 5.69 Å². The van der Waals surface area contributed by atoms with Crippen molar-refractivity contribution in [2.24, 2.45) is 0 Å². The molecule has 0 saturated carbocycles. The molecular formula is C17H21N3O3S. The Hall–Kier alpha value is -2.15. The molecule has 7 heteroatoms. The van der Waals surface area contributed by atoms with Crippen LogP contribution in [0.5, 0.6) is 0 Å². The predicted octanol–water partition coefficient (Wildman–Crippen LogP) is 1.75. The number of hydrogen-bond acceptors (Lipinski definition) is 4. The molecule has 0 aliphatic carbocycles. The zero-order valence-electron chi connectivity index (χ0n) is 14.1. The number of benzene rings is 1. The molecule has 6 nitrogen and oxygen atoms in total. The number of sulfone groups is 1. The average molecular weight is 347 g/mol. The summed E-state index contributed by atoms with van der Waals surface area (Å²) in [5, 5.41) is 4.49. The van der Waals surface area contributed by atoms with E-state index in [0.717, 1.165) is 11.4 Å². The van der Waals surface area contributed by atoms with Gasteiger partial charge in [-0.15, -0.1) is 0 Å². The van der Waals surface area contributed by atoms with Crippen LogP contribution in [-0.2, 0) is 9.84 Å². The first kappa shape index (κ1) is 16.7. The van der Waals surface area contributed by atoms with E-state index in [9.17, 15) is 13.2 Å². The monoisotopic (exact) mass is 347 g/mol. The van der Waals surface area contributed by atoms with Crippen molar-refractivity contribution in [2.45, 2.75) is 26.3 Å². The Balaban J connectivity index is 1.92. The molecule has 0 radical (unpaired) electrons. The number of carbonyl (C=O) groups excluding carboxylic acids is 1. The first-order valence-electron chi connectivity index (χ1n) is 7.89. The maximum absolute atomic E-state index is 12.9. The minimum atomic E-state index is -3.03. The molecule has 1 amide bonds. The van der Waals surface area contributed by atoms with Crippen molar-refractivity contribution >= 4 is 15.7 Å². The van der Waals surface area contributed by atoms with Crippen molar-refractivity contribution in [1.82, 2.24) is 14.7 Å². The number of hydrogen-bond donors (Lipinski definition) is 0. The third-order valence-electron chi connectivity index (χ3n) is 4.58. The molecule has 2 heterocycles. The number of amides is 1. The zero-order chi connectivity index (χ0) is 17.5. The average Bonchev–Trinajstić information content (AvgIpc) is 3.06. The molecule has 1 saturated heterocycles. The second kappa shape index (κ2) is 6.05. The fourth-order valence-electron chi connectivity index (χ4n) is 3.20. The van der Waals surface area contributed by atoms with Gasteiger partial charge in [0.25, 0.3) is 5.91 Å². The van der Waals surface area contributed by atoms with Gasteiger partial charge in [-0.05, 0) is 32.4 Å². The molecule has 0 unspecified atom stereocenters. The smallest absolute Gasteiger partial charge is 0.257 e. The third-order valence-corrected chi connectivity index (χ3v) is 6.33. The standard InChI is InChI=1S/C17H21N3O3S/c1-12-16(13(2)20(18-12)14-7-5-4-6-8-14)17(21)19(3)15-9-10-24(22,23)11-15/h4-8,15H,9-11H2,1-3H3/t15-/m1/s1. The van der Waals surface area contributed by atoms with E-state index in [1.165, 1.54) is 0 Å². The van der Waals surface area contributed by atoms with E-state index in [0.29, 0.717) is 17.7 Å². The minimum absolute atomic E-state index is 0.0418. The molecule has 1 aliphatic rings. The molecule has 1 atom stereocenters. The molecular weight excluding hydrogens is 326 g/mol. The van der Waals surface area contributed by atoms with Gasteiger partial charge in [0.2, 0.25) is 0 Å². The Bertz CT molecular complexity index is 872. The highest BCUT2D eigenvalue weighted by atomic mass is 32.2. The van der Waals surface area contributed by atoms with Gasteiger partial charge in [-0.3, -0.25) is 4.79 Å². The fourth-order valence-corrected chi connectivity index (χ4v) is 4.97. The topological polar surface area (TPSA) is 72.3 Å². The van der Waals surface area contributed by atoms with Gasteiger partial charge in [-0.25, -0.2) is 13.1 Å². The largest absolute Gasteiger partial charge is 0.338 e. The first-order valence-corrected chi connectivity index (χ1v) is 9.71. The Morgan fingerprint density at radius 2 is 1.92 bits per heavy atom. The van der Waals surface area contributed by atoms with Gasteiger partial charge in [-0.2, -0.15) is 5.10 Å². The molecule has 0 spiro atoms. The van der Waals surface area contributed by atoms with Gasteiger partial charge < -0.3 is 4.90 Å². The number of carbonyl (C=O) groups is 1. The Labute approximate surface area is 142 Å². The van der Waals surface area contributed by atoms with E-state index in [2.05, 4.69) is 5.10 Å². The molecule has 2 aromatic rings. The van der Waals surface area contributed by atoms with Gasteiger partial charge >= 0.3 is 0 Å². The van der Waals surface area contributed by atoms with Crippen LogP contribution in [0.15, 0.2) is 30.3 Å². The SMILES string of the molecule is Cc1nn(-c2ccccc2)c(C)c1C(=O)N(C)[C@@H]1CCS(=O)(=O)C1. The summed E-state index contributed by atoms with van der Waals surface area (Å²) >= 11 is 0. The molecule has 1 aromatic carbocycles. The quantitative estimate of drug-likeness (QED) is 0.848. The third kappa shape index (κ3) is 2.96. The molecule has 1 aliphatic heterocycles. The van der Waals surface area contributed by atoms with Crippen molar-refractivity contribution in [1.29, 1.82) is 0 Å². The van der Waals surface area contributed by atoms with Crippen LogP contribution in [-0.4, -0.2) is 53.6 Å². The Kier molecular flexibility index (Phi) is 4.21. The summed E-state index contributed by atoms with van der Waals surface area (Å²) in [6.07, 6.45) is 0.496. The number of aromatic nitrogens is 2. The molecule has 0 bridgehead atoms. The lowest BCUT2D eigenvalue weighted by molar-refractivity contribution is 0.0746. The highest BCUT2D eigenvalue weighted by Gasteiger charge is 2.34. The van der Waals surface area contributed by atoms with Gasteiger partial charge in [-0.1, -0.05) is 18.2 Å². The van der Waals surface area contributed by atoms with E-state index >= 15 is 0 Å². The lowest BCUT2D eigenvalue weighted by Crippen LogP contribution is -2.38. The van der Waals surface area contributed by atoms with Crippen LogP contribution in [0.4, 0.5) is 0 Å². The summed E-state index contributed by atoms with van der Waals surface area (Å²) in [6.45, 7) is 3.67. The first-order chi connectivity index (χ1) is 11.3. The van der Waals surface area contributed by atoms with Crippen molar-refractivity contribution in [3.63, 3.8) is 0 Å². The van der Waals surface area contributed by atoms with Gasteiger partial charge in [0, 0.05) is 13.1 Å². The van der Waals surface area contributed by atoms with Crippen LogP contribution in [0, 0.1) is 13.8 Å². The zero-order valence-corrected chi connectivity index (χ0v) is 14.9. The second-order valence-corrected chi connectivity index (χ2v) is 8.49. The van der Waals surface area contributed by atoms with Crippen LogP contribution in [0.1, 0.15) is 28.2 Å². The molecule has 3 rings (SSSR count). The van der Waals surface area contributed by atoms with E-state index in [1.807, 2.05) is 37.3 Å². The Morgan fingerprint density at radius 1 is 1.25 bits per heavy atom. The summed E-state index contributed by atoms with van der Waals surface area (Å²) in [7, 11) is -1.36. The summed E-state index contributed by atoms with van der Waals surface area (Å²) in [4.78, 5) is 14.5. The molecule has 1 aromatic heterocycles. The van der Waals surface area contributed by atoms with Gasteiger partial charge in [0.1, 0.15) is 0 Å². The lowest BCUT2D eigenvalue weighted by atomic mass is 10.1. The van der Waals surface area contributed by atoms with Gasteiger partial charge in [0.15, 0.2) is 9.84 Å². The van der Waals surface area contributed by atoms with Crippen LogP contribution in [0.2, 0.25) is 0 Å². The molecule has 128 valence electrons. The van der Waals surface area contributed by atoms with Crippen LogP contribution >= 0.6 is 0 Å². The Morgan fingerprint density at radius 3 is 2.50 bits per heavy atom. The van der Waals surface area contributed by atoms with E-state index in [1.54, 1.807) is 23.6 Å². The van der Waals surface area contributed by atoms with Gasteiger partial charge in [0.05, 0.1) is 34.1 Å². The van der Waals surface area contributed by atoms with Crippen molar-refractivity contribution in [3.05, 3.63) is 47.3 Å². The molecule has 24 heavy (non-hydrogen) atoms. The van der Waals surface area contributed by atoms with E-state index < -0.39 is 9.84 Å². The number of para-hydroxylation sites is 1. The summed E-state index contributed by atoms with van der Waals surface area (Å²) in [6, 6.07) is 9.37. The molecule has 0 N–H and O–H groups in total. The van der Waals surface area contributed by atoms with Crippen LogP contribution in [0.3, 0.4) is 0 Å². The number of rotatable bonds is 3. The van der Waals surface area contributed by atoms with Crippen LogP contribution < -0.4 is 0 Å². The summed E-state index contributed by atoms with van der Waals surface area (Å²) in [5.41, 5.74) is 2.85. The highest BCUT2D eigenvalue weighted by molar-refractivity contribution is 7.91. The predicted molar refractivity (Wildman–Crippen MR) is 92.2 cm³/mol. The maximum Gasteiger partial charge on any atom is 0.257 e. The summed E-state index contributed by atoms with van der Waals surface area (Å²) in [5.74, 6) is 0.0192. The normalized spacial score (nSPS) is 19.4. The number of nitrogens with zero attached hydrogens (tertiary/aromatic N) is 3. The molecule has 1 fully saturated rings. The van der Waals surface area contributed by atoms with E-state index in [-0.39, 0.29) is 23.5 Å². The summed E-state index contributed by atoms with van der Waals surface area (Å²) < 4.78 is 25.1. The number of aryl methyl sites for hydroxylation is 1. The van der Waals surface area contributed by atoms with Crippen molar-refractivity contribution < 1.29 is 13.2 Å². The highest BCUT2D eigenvalue weighted by Crippen LogP contribution is 2.23. The lowest BCUT2D eigenvalue weighted by Gasteiger charge is -2.23. The maximum atomic E-state index is 12.9. The minimum Gasteiger partial charge on any atom is -0.338 e. The van der Waals surface area contributed by atoms with Crippen molar-refractivity contribution in [2.75, 3.05) is 18.6 Å². The second-order valence-electron chi connectivity index (χ2n) is 6.27.